The first kappa shape index (κ1) is 18.0. The Labute approximate surface area is 162 Å². The van der Waals surface area contributed by atoms with Crippen LogP contribution in [0.2, 0.25) is 0 Å². The van der Waals surface area contributed by atoms with Crippen molar-refractivity contribution in [3.63, 3.8) is 0 Å². The van der Waals surface area contributed by atoms with E-state index in [9.17, 15) is 4.79 Å². The quantitative estimate of drug-likeness (QED) is 0.479. The van der Waals surface area contributed by atoms with Crippen LogP contribution in [0.5, 0.6) is 11.6 Å². The molecule has 4 rings (SSSR count). The molecule has 3 aromatic heterocycles. The summed E-state index contributed by atoms with van der Waals surface area (Å²) in [7, 11) is 1.40. The number of aryl methyl sites for hydroxylation is 2. The number of methoxy groups -OCH3 is 1. The Morgan fingerprint density at radius 3 is 2.75 bits per heavy atom. The first-order chi connectivity index (χ1) is 13.6. The molecule has 0 N–H and O–H groups in total. The van der Waals surface area contributed by atoms with Crippen LogP contribution >= 0.6 is 0 Å². The second kappa shape index (κ2) is 7.31. The predicted octanol–water partition coefficient (Wildman–Crippen LogP) is 4.56. The van der Waals surface area contributed by atoms with E-state index in [4.69, 9.17) is 9.47 Å². The van der Waals surface area contributed by atoms with Crippen LogP contribution in [0, 0.1) is 13.8 Å². The van der Waals surface area contributed by atoms with E-state index in [0.29, 0.717) is 12.4 Å². The fourth-order valence-electron chi connectivity index (χ4n) is 3.51. The van der Waals surface area contributed by atoms with Gasteiger partial charge in [0.2, 0.25) is 5.88 Å². The van der Waals surface area contributed by atoms with E-state index in [1.54, 1.807) is 12.4 Å². The van der Waals surface area contributed by atoms with E-state index in [0.717, 1.165) is 38.7 Å². The molecular weight excluding hydrogens is 354 g/mol. The van der Waals surface area contributed by atoms with E-state index >= 15 is 0 Å². The van der Waals surface area contributed by atoms with Crippen molar-refractivity contribution in [3.8, 4) is 11.6 Å². The zero-order chi connectivity index (χ0) is 19.7. The Balaban J connectivity index is 1.83. The van der Waals surface area contributed by atoms with Crippen LogP contribution in [0.15, 0.2) is 48.9 Å². The number of rotatable bonds is 5. The molecule has 3 heterocycles. The molecule has 6 nitrogen and oxygen atoms in total. The molecule has 0 radical (unpaired) electrons. The minimum absolute atomic E-state index is 0.244. The Kier molecular flexibility index (Phi) is 4.69. The molecule has 1 aromatic carbocycles. The predicted molar refractivity (Wildman–Crippen MR) is 108 cm³/mol. The van der Waals surface area contributed by atoms with E-state index in [2.05, 4.69) is 21.5 Å². The third kappa shape index (κ3) is 3.07. The standard InChI is InChI=1S/C22H21N3O3/c1-14-15(2)25(12-9-20(26)27-3)21-17(14)8-11-24-22(21)28-19-6-4-5-16-13-23-10-7-18(16)19/h4-8,10-11,13H,9,12H2,1-3H3. The molecule has 142 valence electrons. The molecule has 0 saturated heterocycles. The molecule has 0 fully saturated rings. The maximum Gasteiger partial charge on any atom is 0.307 e. The summed E-state index contributed by atoms with van der Waals surface area (Å²) >= 11 is 0. The van der Waals surface area contributed by atoms with Crippen LogP contribution in [0.1, 0.15) is 17.7 Å². The molecule has 0 bridgehead atoms. The highest BCUT2D eigenvalue weighted by Gasteiger charge is 2.18. The normalized spacial score (nSPS) is 11.1. The van der Waals surface area contributed by atoms with Gasteiger partial charge in [-0.1, -0.05) is 12.1 Å². The number of ether oxygens (including phenoxy) is 2. The summed E-state index contributed by atoms with van der Waals surface area (Å²) in [4.78, 5) is 20.3. The Morgan fingerprint density at radius 1 is 1.11 bits per heavy atom. The van der Waals surface area contributed by atoms with Gasteiger partial charge in [0, 0.05) is 47.0 Å². The summed E-state index contributed by atoms with van der Waals surface area (Å²) in [5.41, 5.74) is 3.11. The number of esters is 1. The van der Waals surface area contributed by atoms with Crippen LogP contribution in [-0.4, -0.2) is 27.6 Å². The van der Waals surface area contributed by atoms with E-state index < -0.39 is 0 Å². The summed E-state index contributed by atoms with van der Waals surface area (Å²) in [5, 5.41) is 3.03. The average molecular weight is 375 g/mol. The summed E-state index contributed by atoms with van der Waals surface area (Å²) < 4.78 is 13.2. The highest BCUT2D eigenvalue weighted by Crippen LogP contribution is 2.35. The van der Waals surface area contributed by atoms with Crippen LogP contribution in [-0.2, 0) is 16.1 Å². The van der Waals surface area contributed by atoms with Crippen molar-refractivity contribution in [2.24, 2.45) is 0 Å². The summed E-state index contributed by atoms with van der Waals surface area (Å²) in [5.74, 6) is 0.991. The third-order valence-electron chi connectivity index (χ3n) is 5.13. The number of benzene rings is 1. The van der Waals surface area contributed by atoms with Gasteiger partial charge in [-0.05, 0) is 37.6 Å². The van der Waals surface area contributed by atoms with E-state index in [-0.39, 0.29) is 12.4 Å². The molecule has 6 heteroatoms. The monoisotopic (exact) mass is 375 g/mol. The minimum Gasteiger partial charge on any atom is -0.469 e. The van der Waals surface area contributed by atoms with Gasteiger partial charge in [0.25, 0.3) is 0 Å². The van der Waals surface area contributed by atoms with Gasteiger partial charge in [-0.15, -0.1) is 0 Å². The lowest BCUT2D eigenvalue weighted by Gasteiger charge is -2.12. The number of nitrogens with zero attached hydrogens (tertiary/aromatic N) is 3. The third-order valence-corrected chi connectivity index (χ3v) is 5.13. The molecule has 28 heavy (non-hydrogen) atoms. The van der Waals surface area contributed by atoms with Gasteiger partial charge < -0.3 is 14.0 Å². The van der Waals surface area contributed by atoms with E-state index in [1.807, 2.05) is 43.5 Å². The van der Waals surface area contributed by atoms with Crippen molar-refractivity contribution >= 4 is 27.6 Å². The van der Waals surface area contributed by atoms with Crippen LogP contribution in [0.3, 0.4) is 0 Å². The van der Waals surface area contributed by atoms with Gasteiger partial charge >= 0.3 is 5.97 Å². The summed E-state index contributed by atoms with van der Waals surface area (Å²) in [6.45, 7) is 4.62. The average Bonchev–Trinajstić information content (AvgIpc) is 2.97. The lowest BCUT2D eigenvalue weighted by molar-refractivity contribution is -0.140. The molecule has 0 amide bonds. The number of pyridine rings is 2. The fraction of sp³-hybridized carbons (Fsp3) is 0.227. The number of fused-ring (bicyclic) bond motifs is 2. The molecule has 4 aromatic rings. The van der Waals surface area contributed by atoms with Crippen LogP contribution < -0.4 is 4.74 Å². The van der Waals surface area contributed by atoms with Gasteiger partial charge in [0.1, 0.15) is 11.3 Å². The van der Waals surface area contributed by atoms with Gasteiger partial charge in [-0.3, -0.25) is 9.78 Å². The zero-order valence-electron chi connectivity index (χ0n) is 16.1. The number of hydrogen-bond donors (Lipinski definition) is 0. The lowest BCUT2D eigenvalue weighted by atomic mass is 10.1. The Hall–Kier alpha value is -3.41. The number of hydrogen-bond acceptors (Lipinski definition) is 5. The van der Waals surface area contributed by atoms with Gasteiger partial charge in [0.15, 0.2) is 0 Å². The number of aromatic nitrogens is 3. The fourth-order valence-corrected chi connectivity index (χ4v) is 3.51. The maximum absolute atomic E-state index is 11.7. The van der Waals surface area contributed by atoms with Crippen molar-refractivity contribution in [2.75, 3.05) is 7.11 Å². The van der Waals surface area contributed by atoms with Crippen molar-refractivity contribution in [3.05, 3.63) is 60.2 Å². The highest BCUT2D eigenvalue weighted by atomic mass is 16.5. The molecule has 0 unspecified atom stereocenters. The van der Waals surface area contributed by atoms with Crippen molar-refractivity contribution in [2.45, 2.75) is 26.8 Å². The second-order valence-corrected chi connectivity index (χ2v) is 6.66. The molecule has 0 saturated carbocycles. The Morgan fingerprint density at radius 2 is 1.93 bits per heavy atom. The first-order valence-electron chi connectivity index (χ1n) is 9.12. The van der Waals surface area contributed by atoms with Crippen molar-refractivity contribution in [1.29, 1.82) is 0 Å². The van der Waals surface area contributed by atoms with Crippen molar-refractivity contribution < 1.29 is 14.3 Å². The SMILES string of the molecule is COC(=O)CCn1c(C)c(C)c2ccnc(Oc3cccc4cnccc34)c21. The summed E-state index contributed by atoms with van der Waals surface area (Å²) in [6.07, 6.45) is 5.59. The maximum atomic E-state index is 11.7. The van der Waals surface area contributed by atoms with Gasteiger partial charge in [-0.25, -0.2) is 4.98 Å². The van der Waals surface area contributed by atoms with Crippen LogP contribution in [0.4, 0.5) is 0 Å². The molecule has 0 atom stereocenters. The number of carbonyl (C=O) groups is 1. The molecule has 0 aliphatic heterocycles. The molecule has 0 spiro atoms. The topological polar surface area (TPSA) is 66.2 Å². The summed E-state index contributed by atoms with van der Waals surface area (Å²) in [6, 6.07) is 9.76. The largest absolute Gasteiger partial charge is 0.469 e. The highest BCUT2D eigenvalue weighted by molar-refractivity contribution is 5.91. The van der Waals surface area contributed by atoms with Gasteiger partial charge in [0.05, 0.1) is 13.5 Å². The minimum atomic E-state index is -0.244. The number of carbonyl (C=O) groups excluding carboxylic acids is 1. The molecule has 0 aliphatic carbocycles. The van der Waals surface area contributed by atoms with Crippen molar-refractivity contribution in [1.82, 2.24) is 14.5 Å². The van der Waals surface area contributed by atoms with E-state index in [1.165, 1.54) is 7.11 Å². The first-order valence-corrected chi connectivity index (χ1v) is 9.12. The smallest absolute Gasteiger partial charge is 0.307 e. The molecule has 0 aliphatic rings. The lowest BCUT2D eigenvalue weighted by Crippen LogP contribution is -2.08. The molecular formula is C22H21N3O3. The van der Waals surface area contributed by atoms with Crippen LogP contribution in [0.25, 0.3) is 21.7 Å². The zero-order valence-corrected chi connectivity index (χ0v) is 16.1. The second-order valence-electron chi connectivity index (χ2n) is 6.66. The Bertz CT molecular complexity index is 1180. The van der Waals surface area contributed by atoms with Gasteiger partial charge in [-0.2, -0.15) is 0 Å².